The summed E-state index contributed by atoms with van der Waals surface area (Å²) in [6.07, 6.45) is -0.848. The molecule has 7 heteroatoms. The van der Waals surface area contributed by atoms with Crippen LogP contribution in [-0.4, -0.2) is 23.5 Å². The van der Waals surface area contributed by atoms with Gasteiger partial charge in [-0.1, -0.05) is 36.4 Å². The first kappa shape index (κ1) is 18.3. The van der Waals surface area contributed by atoms with Crippen LogP contribution in [0.3, 0.4) is 0 Å². The molecule has 134 valence electrons. The molecule has 0 saturated heterocycles. The lowest BCUT2D eigenvalue weighted by Crippen LogP contribution is -2.41. The molecule has 26 heavy (non-hydrogen) atoms. The van der Waals surface area contributed by atoms with Crippen LogP contribution in [0.5, 0.6) is 0 Å². The minimum Gasteiger partial charge on any atom is -0.386 e. The fourth-order valence-corrected chi connectivity index (χ4v) is 4.14. The van der Waals surface area contributed by atoms with Crippen LogP contribution in [0.25, 0.3) is 9.75 Å². The number of carbonyl (C=O) groups is 2. The number of thiophene rings is 2. The molecule has 3 N–H and O–H groups in total. The second-order valence-corrected chi connectivity index (χ2v) is 7.64. The summed E-state index contributed by atoms with van der Waals surface area (Å²) in [5, 5.41) is 17.3. The highest BCUT2D eigenvalue weighted by molar-refractivity contribution is 7.21. The van der Waals surface area contributed by atoms with E-state index in [1.807, 2.05) is 60.0 Å². The summed E-state index contributed by atoms with van der Waals surface area (Å²) >= 11 is 3.11. The molecule has 3 rings (SSSR count). The minimum atomic E-state index is -0.848. The maximum absolute atomic E-state index is 11.9. The fourth-order valence-electron chi connectivity index (χ4n) is 2.31. The number of benzene rings is 1. The van der Waals surface area contributed by atoms with Crippen molar-refractivity contribution in [3.05, 3.63) is 70.4 Å². The van der Waals surface area contributed by atoms with E-state index in [9.17, 15) is 14.7 Å². The van der Waals surface area contributed by atoms with Crippen molar-refractivity contribution in [1.29, 1.82) is 0 Å². The third-order valence-corrected chi connectivity index (χ3v) is 5.93. The number of hydrogen-bond acceptors (Lipinski definition) is 5. The molecular weight excluding hydrogens is 368 g/mol. The van der Waals surface area contributed by atoms with Crippen LogP contribution in [0.15, 0.2) is 60.0 Å². The first-order valence-corrected chi connectivity index (χ1v) is 9.74. The van der Waals surface area contributed by atoms with Crippen molar-refractivity contribution in [3.8, 4) is 9.75 Å². The number of nitrogens with one attached hydrogen (secondary N) is 2. The summed E-state index contributed by atoms with van der Waals surface area (Å²) in [5.41, 5.74) is 0.911. The number of rotatable bonds is 6. The molecule has 2 amide bonds. The predicted molar refractivity (Wildman–Crippen MR) is 104 cm³/mol. The summed E-state index contributed by atoms with van der Waals surface area (Å²) < 4.78 is 0. The molecule has 5 nitrogen and oxygen atoms in total. The van der Waals surface area contributed by atoms with E-state index in [0.29, 0.717) is 0 Å². The van der Waals surface area contributed by atoms with Crippen LogP contribution in [0, 0.1) is 0 Å². The zero-order valence-electron chi connectivity index (χ0n) is 13.8. The van der Waals surface area contributed by atoms with Crippen LogP contribution in [-0.2, 0) is 16.1 Å². The third-order valence-electron chi connectivity index (χ3n) is 3.68. The van der Waals surface area contributed by atoms with Gasteiger partial charge in [0.25, 0.3) is 0 Å². The largest absolute Gasteiger partial charge is 0.386 e. The SMILES string of the molecule is O=C(NCc1ccccc1)C(=O)NCC(O)c1ccc(-c2cccs2)s1. The Morgan fingerprint density at radius 2 is 1.69 bits per heavy atom. The van der Waals surface area contributed by atoms with Gasteiger partial charge in [0.1, 0.15) is 6.10 Å². The van der Waals surface area contributed by atoms with Gasteiger partial charge < -0.3 is 15.7 Å². The van der Waals surface area contributed by atoms with E-state index in [-0.39, 0.29) is 13.1 Å². The maximum atomic E-state index is 11.9. The molecule has 2 heterocycles. The minimum absolute atomic E-state index is 0.0119. The average molecular weight is 386 g/mol. The molecule has 3 aromatic rings. The second kappa shape index (κ2) is 8.75. The quantitative estimate of drug-likeness (QED) is 0.570. The van der Waals surface area contributed by atoms with Gasteiger partial charge in [-0.25, -0.2) is 0 Å². The Hall–Kier alpha value is -2.48. The molecule has 0 fully saturated rings. The molecule has 1 aromatic carbocycles. The highest BCUT2D eigenvalue weighted by Crippen LogP contribution is 2.33. The zero-order valence-corrected chi connectivity index (χ0v) is 15.5. The van der Waals surface area contributed by atoms with Gasteiger partial charge in [0.15, 0.2) is 0 Å². The smallest absolute Gasteiger partial charge is 0.309 e. The topological polar surface area (TPSA) is 78.4 Å². The van der Waals surface area contributed by atoms with E-state index >= 15 is 0 Å². The van der Waals surface area contributed by atoms with E-state index in [1.165, 1.54) is 11.3 Å². The van der Waals surface area contributed by atoms with E-state index in [2.05, 4.69) is 10.6 Å². The lowest BCUT2D eigenvalue weighted by atomic mass is 10.2. The van der Waals surface area contributed by atoms with Crippen LogP contribution >= 0.6 is 22.7 Å². The van der Waals surface area contributed by atoms with Crippen LogP contribution < -0.4 is 10.6 Å². The van der Waals surface area contributed by atoms with Gasteiger partial charge in [-0.05, 0) is 29.1 Å². The van der Waals surface area contributed by atoms with Gasteiger partial charge in [-0.3, -0.25) is 9.59 Å². The van der Waals surface area contributed by atoms with E-state index in [4.69, 9.17) is 0 Å². The average Bonchev–Trinajstić information content (AvgIpc) is 3.36. The van der Waals surface area contributed by atoms with Gasteiger partial charge in [0, 0.05) is 27.7 Å². The van der Waals surface area contributed by atoms with Gasteiger partial charge in [-0.15, -0.1) is 22.7 Å². The van der Waals surface area contributed by atoms with Crippen molar-refractivity contribution in [3.63, 3.8) is 0 Å². The maximum Gasteiger partial charge on any atom is 0.309 e. The van der Waals surface area contributed by atoms with Gasteiger partial charge in [0.2, 0.25) is 0 Å². The highest BCUT2D eigenvalue weighted by atomic mass is 32.1. The van der Waals surface area contributed by atoms with Crippen molar-refractivity contribution < 1.29 is 14.7 Å². The molecule has 1 unspecified atom stereocenters. The molecule has 0 radical (unpaired) electrons. The normalized spacial score (nSPS) is 11.7. The number of aliphatic hydroxyl groups is 1. The van der Waals surface area contributed by atoms with E-state index in [0.717, 1.165) is 20.2 Å². The molecule has 2 aromatic heterocycles. The fraction of sp³-hybridized carbons (Fsp3) is 0.158. The number of hydrogen-bond donors (Lipinski definition) is 3. The summed E-state index contributed by atoms with van der Waals surface area (Å²) in [4.78, 5) is 26.6. The molecule has 0 spiro atoms. The summed E-state index contributed by atoms with van der Waals surface area (Å²) in [6.45, 7) is 0.271. The predicted octanol–water partition coefficient (Wildman–Crippen LogP) is 2.94. The van der Waals surface area contributed by atoms with Crippen LogP contribution in [0.2, 0.25) is 0 Å². The Labute approximate surface area is 159 Å². The highest BCUT2D eigenvalue weighted by Gasteiger charge is 2.17. The summed E-state index contributed by atoms with van der Waals surface area (Å²) in [7, 11) is 0. The molecule has 0 saturated carbocycles. The van der Waals surface area contributed by atoms with Gasteiger partial charge in [-0.2, -0.15) is 0 Å². The molecule has 1 atom stereocenters. The van der Waals surface area contributed by atoms with E-state index < -0.39 is 17.9 Å². The van der Waals surface area contributed by atoms with Gasteiger partial charge >= 0.3 is 11.8 Å². The van der Waals surface area contributed by atoms with Gasteiger partial charge in [0.05, 0.1) is 0 Å². The number of amides is 2. The third kappa shape index (κ3) is 4.78. The van der Waals surface area contributed by atoms with Crippen LogP contribution in [0.1, 0.15) is 16.5 Å². The molecule has 0 aliphatic rings. The first-order valence-electron chi connectivity index (χ1n) is 8.05. The van der Waals surface area contributed by atoms with Crippen LogP contribution in [0.4, 0.5) is 0 Å². The molecule has 0 bridgehead atoms. The van der Waals surface area contributed by atoms with Crippen molar-refractivity contribution in [2.75, 3.05) is 6.54 Å². The molecule has 0 aliphatic carbocycles. The number of carbonyl (C=O) groups excluding carboxylic acids is 2. The van der Waals surface area contributed by atoms with Crippen molar-refractivity contribution in [1.82, 2.24) is 10.6 Å². The summed E-state index contributed by atoms with van der Waals surface area (Å²) in [5.74, 6) is -1.47. The Morgan fingerprint density at radius 3 is 2.42 bits per heavy atom. The Balaban J connectivity index is 1.47. The number of aliphatic hydroxyl groups excluding tert-OH is 1. The van der Waals surface area contributed by atoms with E-state index in [1.54, 1.807) is 11.3 Å². The Bertz CT molecular complexity index is 860. The van der Waals surface area contributed by atoms with Crippen molar-refractivity contribution in [2.45, 2.75) is 12.6 Å². The lowest BCUT2D eigenvalue weighted by molar-refractivity contribution is -0.139. The second-order valence-electron chi connectivity index (χ2n) is 5.57. The Morgan fingerprint density at radius 1 is 0.923 bits per heavy atom. The zero-order chi connectivity index (χ0) is 18.4. The monoisotopic (exact) mass is 386 g/mol. The standard InChI is InChI=1S/C19H18N2O3S2/c22-14(15-8-9-17(26-15)16-7-4-10-25-16)12-21-19(24)18(23)20-11-13-5-2-1-3-6-13/h1-10,14,22H,11-12H2,(H,20,23)(H,21,24). The molecular formula is C19H18N2O3S2. The summed E-state index contributed by atoms with van der Waals surface area (Å²) in [6, 6.07) is 17.1. The first-order chi connectivity index (χ1) is 12.6. The van der Waals surface area contributed by atoms with Crippen molar-refractivity contribution >= 4 is 34.5 Å². The lowest BCUT2D eigenvalue weighted by Gasteiger charge is -2.10. The molecule has 0 aliphatic heterocycles. The van der Waals surface area contributed by atoms with Crippen molar-refractivity contribution in [2.24, 2.45) is 0 Å². The Kier molecular flexibility index (Phi) is 6.17.